The molecule has 0 aromatic heterocycles. The highest BCUT2D eigenvalue weighted by atomic mass is 16.5. The number of carbonyl (C=O) groups is 2. The highest BCUT2D eigenvalue weighted by Gasteiger charge is 2.23. The van der Waals surface area contributed by atoms with Gasteiger partial charge in [-0.2, -0.15) is 0 Å². The van der Waals surface area contributed by atoms with Crippen molar-refractivity contribution in [3.63, 3.8) is 0 Å². The quantitative estimate of drug-likeness (QED) is 0.828. The van der Waals surface area contributed by atoms with Gasteiger partial charge in [-0.1, -0.05) is 24.3 Å². The van der Waals surface area contributed by atoms with Gasteiger partial charge in [0.25, 0.3) is 11.8 Å². The fourth-order valence-corrected chi connectivity index (χ4v) is 2.91. The minimum absolute atomic E-state index is 0.127. The smallest absolute Gasteiger partial charge is 0.265 e. The van der Waals surface area contributed by atoms with Crippen molar-refractivity contribution in [1.82, 2.24) is 4.90 Å². The number of methoxy groups -OCH3 is 1. The number of morpholine rings is 1. The third-order valence-electron chi connectivity index (χ3n) is 4.46. The number of anilines is 1. The van der Waals surface area contributed by atoms with Gasteiger partial charge in [0.05, 0.1) is 31.6 Å². The number of benzene rings is 2. The number of carbonyl (C=O) groups excluding carboxylic acids is 2. The molecule has 1 atom stereocenters. The summed E-state index contributed by atoms with van der Waals surface area (Å²) < 4.78 is 16.3. The normalized spacial score (nSPS) is 14.9. The third kappa shape index (κ3) is 4.61. The van der Waals surface area contributed by atoms with Gasteiger partial charge in [0.1, 0.15) is 0 Å². The van der Waals surface area contributed by atoms with E-state index in [4.69, 9.17) is 14.2 Å². The molecule has 2 aromatic rings. The number of rotatable bonds is 6. The molecule has 1 N–H and O–H groups in total. The lowest BCUT2D eigenvalue weighted by atomic mass is 10.1. The molecule has 7 heteroatoms. The highest BCUT2D eigenvalue weighted by molar-refractivity contribution is 6.04. The summed E-state index contributed by atoms with van der Waals surface area (Å²) in [6.45, 7) is 3.76. The number of ether oxygens (including phenoxy) is 3. The molecule has 0 unspecified atom stereocenters. The summed E-state index contributed by atoms with van der Waals surface area (Å²) in [4.78, 5) is 27.2. The van der Waals surface area contributed by atoms with Crippen molar-refractivity contribution in [2.75, 3.05) is 38.7 Å². The minimum Gasteiger partial charge on any atom is -0.493 e. The molecular formula is C21H24N2O5. The number of para-hydroxylation sites is 3. The zero-order valence-electron chi connectivity index (χ0n) is 16.0. The Balaban J connectivity index is 1.70. The largest absolute Gasteiger partial charge is 0.493 e. The average molecular weight is 384 g/mol. The van der Waals surface area contributed by atoms with Gasteiger partial charge in [-0.05, 0) is 31.2 Å². The molecule has 0 spiro atoms. The van der Waals surface area contributed by atoms with Gasteiger partial charge >= 0.3 is 0 Å². The summed E-state index contributed by atoms with van der Waals surface area (Å²) in [6.07, 6.45) is -0.775. The number of hydrogen-bond donors (Lipinski definition) is 1. The molecule has 3 rings (SSSR count). The van der Waals surface area contributed by atoms with E-state index < -0.39 is 6.10 Å². The summed E-state index contributed by atoms with van der Waals surface area (Å²) in [7, 11) is 1.54. The summed E-state index contributed by atoms with van der Waals surface area (Å²) >= 11 is 0. The van der Waals surface area contributed by atoms with E-state index in [1.165, 1.54) is 0 Å². The van der Waals surface area contributed by atoms with Gasteiger partial charge in [-0.3, -0.25) is 9.59 Å². The minimum atomic E-state index is -0.775. The van der Waals surface area contributed by atoms with Crippen LogP contribution >= 0.6 is 0 Å². The Morgan fingerprint density at radius 2 is 1.68 bits per heavy atom. The molecule has 1 fully saturated rings. The van der Waals surface area contributed by atoms with Crippen LogP contribution in [-0.4, -0.2) is 56.2 Å². The van der Waals surface area contributed by atoms with Crippen LogP contribution in [0.15, 0.2) is 48.5 Å². The lowest BCUT2D eigenvalue weighted by molar-refractivity contribution is -0.122. The van der Waals surface area contributed by atoms with E-state index in [1.807, 2.05) is 6.07 Å². The van der Waals surface area contributed by atoms with Crippen molar-refractivity contribution in [2.24, 2.45) is 0 Å². The first-order valence-electron chi connectivity index (χ1n) is 9.16. The lowest BCUT2D eigenvalue weighted by Crippen LogP contribution is -2.41. The molecule has 1 aliphatic heterocycles. The summed E-state index contributed by atoms with van der Waals surface area (Å²) in [5.74, 6) is 0.543. The van der Waals surface area contributed by atoms with Crippen molar-refractivity contribution in [3.8, 4) is 11.5 Å². The highest BCUT2D eigenvalue weighted by Crippen LogP contribution is 2.27. The maximum Gasteiger partial charge on any atom is 0.265 e. The first-order valence-corrected chi connectivity index (χ1v) is 9.16. The van der Waals surface area contributed by atoms with Crippen molar-refractivity contribution in [3.05, 3.63) is 54.1 Å². The molecule has 28 heavy (non-hydrogen) atoms. The molecular weight excluding hydrogens is 360 g/mol. The van der Waals surface area contributed by atoms with Gasteiger partial charge in [0.2, 0.25) is 0 Å². The monoisotopic (exact) mass is 384 g/mol. The topological polar surface area (TPSA) is 77.1 Å². The summed E-state index contributed by atoms with van der Waals surface area (Å²) in [5.41, 5.74) is 0.904. The van der Waals surface area contributed by atoms with Crippen LogP contribution in [0, 0.1) is 0 Å². The van der Waals surface area contributed by atoms with Crippen molar-refractivity contribution in [2.45, 2.75) is 13.0 Å². The maximum atomic E-state index is 12.8. The van der Waals surface area contributed by atoms with Crippen molar-refractivity contribution >= 4 is 17.5 Å². The molecule has 0 bridgehead atoms. The lowest BCUT2D eigenvalue weighted by Gasteiger charge is -2.27. The van der Waals surface area contributed by atoms with Crippen LogP contribution in [0.1, 0.15) is 17.3 Å². The van der Waals surface area contributed by atoms with Gasteiger partial charge in [-0.15, -0.1) is 0 Å². The Kier molecular flexibility index (Phi) is 6.49. The Morgan fingerprint density at radius 1 is 1.04 bits per heavy atom. The van der Waals surface area contributed by atoms with Crippen LogP contribution in [0.5, 0.6) is 11.5 Å². The van der Waals surface area contributed by atoms with E-state index in [1.54, 1.807) is 61.4 Å². The molecule has 1 saturated heterocycles. The van der Waals surface area contributed by atoms with Crippen LogP contribution in [0.2, 0.25) is 0 Å². The fraction of sp³-hybridized carbons (Fsp3) is 0.333. The zero-order valence-corrected chi connectivity index (χ0v) is 16.0. The predicted molar refractivity (Wildman–Crippen MR) is 105 cm³/mol. The molecule has 0 aliphatic carbocycles. The molecule has 0 radical (unpaired) electrons. The molecule has 0 saturated carbocycles. The van der Waals surface area contributed by atoms with Crippen LogP contribution in [0.4, 0.5) is 5.69 Å². The number of amides is 2. The molecule has 1 aliphatic rings. The van der Waals surface area contributed by atoms with Crippen LogP contribution in [0.25, 0.3) is 0 Å². The van der Waals surface area contributed by atoms with Crippen LogP contribution in [-0.2, 0) is 9.53 Å². The van der Waals surface area contributed by atoms with Gasteiger partial charge in [0, 0.05) is 13.1 Å². The van der Waals surface area contributed by atoms with E-state index in [9.17, 15) is 9.59 Å². The van der Waals surface area contributed by atoms with Crippen LogP contribution < -0.4 is 14.8 Å². The Labute approximate surface area is 164 Å². The van der Waals surface area contributed by atoms with Crippen molar-refractivity contribution < 1.29 is 23.8 Å². The van der Waals surface area contributed by atoms with E-state index in [0.29, 0.717) is 49.1 Å². The molecule has 1 heterocycles. The Bertz CT molecular complexity index is 833. The van der Waals surface area contributed by atoms with Crippen LogP contribution in [0.3, 0.4) is 0 Å². The summed E-state index contributed by atoms with van der Waals surface area (Å²) in [5, 5.41) is 2.80. The third-order valence-corrected chi connectivity index (χ3v) is 4.46. The molecule has 2 aromatic carbocycles. The maximum absolute atomic E-state index is 12.8. The van der Waals surface area contributed by atoms with Gasteiger partial charge in [-0.25, -0.2) is 0 Å². The standard InChI is InChI=1S/C21H24N2O5/c1-15(28-19-10-6-5-9-18(19)26-2)20(24)22-17-8-4-3-7-16(17)21(25)23-11-13-27-14-12-23/h3-10,15H,11-14H2,1-2H3,(H,22,24)/t15-/m1/s1. The SMILES string of the molecule is COc1ccccc1O[C@H](C)C(=O)Nc1ccccc1C(=O)N1CCOCC1. The Hall–Kier alpha value is -3.06. The first-order chi connectivity index (χ1) is 13.6. The van der Waals surface area contributed by atoms with E-state index in [2.05, 4.69) is 5.32 Å². The number of nitrogens with one attached hydrogen (secondary N) is 1. The number of hydrogen-bond acceptors (Lipinski definition) is 5. The fourth-order valence-electron chi connectivity index (χ4n) is 2.91. The molecule has 2 amide bonds. The zero-order chi connectivity index (χ0) is 19.9. The average Bonchev–Trinajstić information content (AvgIpc) is 2.74. The first kappa shape index (κ1) is 19.7. The second-order valence-electron chi connectivity index (χ2n) is 6.35. The predicted octanol–water partition coefficient (Wildman–Crippen LogP) is 2.57. The second-order valence-corrected chi connectivity index (χ2v) is 6.35. The Morgan fingerprint density at radius 3 is 2.39 bits per heavy atom. The van der Waals surface area contributed by atoms with E-state index >= 15 is 0 Å². The van der Waals surface area contributed by atoms with Gasteiger partial charge < -0.3 is 24.4 Å². The molecule has 148 valence electrons. The van der Waals surface area contributed by atoms with E-state index in [-0.39, 0.29) is 11.8 Å². The summed E-state index contributed by atoms with van der Waals surface area (Å²) in [6, 6.07) is 14.1. The second kappa shape index (κ2) is 9.23. The molecule has 7 nitrogen and oxygen atoms in total. The number of nitrogens with zero attached hydrogens (tertiary/aromatic N) is 1. The van der Waals surface area contributed by atoms with Gasteiger partial charge in [0.15, 0.2) is 17.6 Å². The van der Waals surface area contributed by atoms with E-state index in [0.717, 1.165) is 0 Å². The van der Waals surface area contributed by atoms with Crippen molar-refractivity contribution in [1.29, 1.82) is 0 Å².